The van der Waals surface area contributed by atoms with E-state index in [4.69, 9.17) is 0 Å². The van der Waals surface area contributed by atoms with Crippen molar-refractivity contribution >= 4 is 0 Å². The number of pyridine rings is 1. The molecule has 1 unspecified atom stereocenters. The van der Waals surface area contributed by atoms with E-state index in [0.29, 0.717) is 6.04 Å². The highest BCUT2D eigenvalue weighted by atomic mass is 16.1. The predicted molar refractivity (Wildman–Crippen MR) is 94.8 cm³/mol. The fourth-order valence-corrected chi connectivity index (χ4v) is 3.58. The molecule has 0 spiro atoms. The smallest absolute Gasteiger partial charge is 0.250 e. The Balaban J connectivity index is 1.71. The summed E-state index contributed by atoms with van der Waals surface area (Å²) < 4.78 is 1.99. The number of rotatable bonds is 6. The molecule has 0 saturated carbocycles. The molecule has 3 heteroatoms. The largest absolute Gasteiger partial charge is 0.312 e. The van der Waals surface area contributed by atoms with Crippen LogP contribution in [-0.2, 0) is 19.4 Å². The van der Waals surface area contributed by atoms with E-state index in [1.54, 1.807) is 6.07 Å². The molecule has 1 N–H and O–H groups in total. The number of nitrogens with one attached hydrogen (secondary N) is 1. The molecule has 0 fully saturated rings. The van der Waals surface area contributed by atoms with Gasteiger partial charge in [0, 0.05) is 24.3 Å². The maximum Gasteiger partial charge on any atom is 0.250 e. The van der Waals surface area contributed by atoms with E-state index in [1.165, 1.54) is 16.8 Å². The molecule has 0 amide bonds. The second kappa shape index (κ2) is 7.60. The Hall–Kier alpha value is -1.87. The second-order valence-electron chi connectivity index (χ2n) is 6.36. The molecule has 0 bridgehead atoms. The minimum absolute atomic E-state index is 0.149. The van der Waals surface area contributed by atoms with Crippen LogP contribution in [0.1, 0.15) is 49.0 Å². The summed E-state index contributed by atoms with van der Waals surface area (Å²) >= 11 is 0. The molecule has 2 aromatic rings. The number of benzene rings is 1. The summed E-state index contributed by atoms with van der Waals surface area (Å²) in [5.74, 6) is 0. The van der Waals surface area contributed by atoms with Gasteiger partial charge in [-0.15, -0.1) is 0 Å². The fourth-order valence-electron chi connectivity index (χ4n) is 3.58. The lowest BCUT2D eigenvalue weighted by Crippen LogP contribution is -2.32. The van der Waals surface area contributed by atoms with Gasteiger partial charge in [0.1, 0.15) is 0 Å². The zero-order valence-electron chi connectivity index (χ0n) is 13.9. The minimum Gasteiger partial charge on any atom is -0.312 e. The second-order valence-corrected chi connectivity index (χ2v) is 6.36. The molecule has 1 atom stereocenters. The van der Waals surface area contributed by atoms with Gasteiger partial charge in [0.2, 0.25) is 0 Å². The highest BCUT2D eigenvalue weighted by Gasteiger charge is 2.22. The van der Waals surface area contributed by atoms with Gasteiger partial charge in [-0.05, 0) is 49.8 Å². The highest BCUT2D eigenvalue weighted by molar-refractivity contribution is 5.27. The van der Waals surface area contributed by atoms with Crippen LogP contribution in [-0.4, -0.2) is 11.1 Å². The first-order chi connectivity index (χ1) is 11.3. The van der Waals surface area contributed by atoms with Crippen LogP contribution in [0.25, 0.3) is 0 Å². The van der Waals surface area contributed by atoms with Crippen LogP contribution in [0.15, 0.2) is 47.3 Å². The van der Waals surface area contributed by atoms with Crippen molar-refractivity contribution in [3.8, 4) is 0 Å². The van der Waals surface area contributed by atoms with E-state index in [0.717, 1.165) is 45.2 Å². The first kappa shape index (κ1) is 16.0. The normalized spacial score (nSPS) is 17.0. The van der Waals surface area contributed by atoms with Gasteiger partial charge >= 0.3 is 0 Å². The average molecular weight is 310 g/mol. The van der Waals surface area contributed by atoms with Crippen molar-refractivity contribution in [2.75, 3.05) is 6.54 Å². The average Bonchev–Trinajstić information content (AvgIpc) is 2.58. The zero-order valence-corrected chi connectivity index (χ0v) is 13.9. The van der Waals surface area contributed by atoms with Crippen LogP contribution in [0.5, 0.6) is 0 Å². The molecule has 0 radical (unpaired) electrons. The summed E-state index contributed by atoms with van der Waals surface area (Å²) in [5, 5.41) is 3.70. The Morgan fingerprint density at radius 2 is 2.00 bits per heavy atom. The van der Waals surface area contributed by atoms with Crippen LogP contribution >= 0.6 is 0 Å². The van der Waals surface area contributed by atoms with Crippen LogP contribution < -0.4 is 10.9 Å². The third kappa shape index (κ3) is 3.73. The SMILES string of the molecule is CCCn1c2c(ccc1=O)C(NCCc1ccccc1)CCC2. The Bertz CT molecular complexity index is 691. The Labute approximate surface area is 138 Å². The van der Waals surface area contributed by atoms with E-state index in [2.05, 4.69) is 42.6 Å². The maximum absolute atomic E-state index is 12.1. The van der Waals surface area contributed by atoms with Crippen LogP contribution in [0.2, 0.25) is 0 Å². The summed E-state index contributed by atoms with van der Waals surface area (Å²) in [6, 6.07) is 14.8. The van der Waals surface area contributed by atoms with Crippen molar-refractivity contribution in [3.05, 3.63) is 69.6 Å². The van der Waals surface area contributed by atoms with Crippen LogP contribution in [0, 0.1) is 0 Å². The van der Waals surface area contributed by atoms with Crippen molar-refractivity contribution in [2.24, 2.45) is 0 Å². The Morgan fingerprint density at radius 1 is 1.17 bits per heavy atom. The number of fused-ring (bicyclic) bond motifs is 1. The van der Waals surface area contributed by atoms with Gasteiger partial charge < -0.3 is 9.88 Å². The lowest BCUT2D eigenvalue weighted by molar-refractivity contribution is 0.441. The molecule has 1 aliphatic rings. The van der Waals surface area contributed by atoms with E-state index in [9.17, 15) is 4.79 Å². The standard InChI is InChI=1S/C20H26N2O/c1-2-15-22-19-10-6-9-18(17(19)11-12-20(22)23)21-14-13-16-7-4-3-5-8-16/h3-5,7-8,11-12,18,21H,2,6,9-10,13-15H2,1H3. The molecule has 23 heavy (non-hydrogen) atoms. The summed E-state index contributed by atoms with van der Waals surface area (Å²) in [7, 11) is 0. The van der Waals surface area contributed by atoms with E-state index in [-0.39, 0.29) is 5.56 Å². The van der Waals surface area contributed by atoms with E-state index < -0.39 is 0 Å². The zero-order chi connectivity index (χ0) is 16.1. The molecule has 1 aliphatic carbocycles. The molecular weight excluding hydrogens is 284 g/mol. The van der Waals surface area contributed by atoms with Crippen molar-refractivity contribution < 1.29 is 0 Å². The van der Waals surface area contributed by atoms with E-state index in [1.807, 2.05) is 10.6 Å². The van der Waals surface area contributed by atoms with Crippen molar-refractivity contribution in [3.63, 3.8) is 0 Å². The summed E-state index contributed by atoms with van der Waals surface area (Å²) in [6.45, 7) is 3.93. The predicted octanol–water partition coefficient (Wildman–Crippen LogP) is 3.47. The van der Waals surface area contributed by atoms with Crippen LogP contribution in [0.3, 0.4) is 0 Å². The number of hydrogen-bond donors (Lipinski definition) is 1. The quantitative estimate of drug-likeness (QED) is 0.886. The summed E-state index contributed by atoms with van der Waals surface area (Å²) in [5.41, 5.74) is 4.10. The lowest BCUT2D eigenvalue weighted by Gasteiger charge is -2.28. The van der Waals surface area contributed by atoms with Gasteiger partial charge in [-0.3, -0.25) is 4.79 Å². The molecule has 3 rings (SSSR count). The Kier molecular flexibility index (Phi) is 5.29. The van der Waals surface area contributed by atoms with Gasteiger partial charge in [-0.25, -0.2) is 0 Å². The van der Waals surface area contributed by atoms with Gasteiger partial charge in [0.05, 0.1) is 0 Å². The van der Waals surface area contributed by atoms with Crippen LogP contribution in [0.4, 0.5) is 0 Å². The van der Waals surface area contributed by atoms with Gasteiger partial charge in [0.25, 0.3) is 5.56 Å². The molecule has 0 saturated heterocycles. The molecule has 3 nitrogen and oxygen atoms in total. The van der Waals surface area contributed by atoms with Crippen molar-refractivity contribution in [1.82, 2.24) is 9.88 Å². The number of nitrogens with zero attached hydrogens (tertiary/aromatic N) is 1. The monoisotopic (exact) mass is 310 g/mol. The maximum atomic E-state index is 12.1. The molecule has 1 aromatic carbocycles. The first-order valence-corrected chi connectivity index (χ1v) is 8.79. The third-order valence-electron chi connectivity index (χ3n) is 4.71. The summed E-state index contributed by atoms with van der Waals surface area (Å²) in [6.07, 6.45) is 5.39. The molecule has 1 aromatic heterocycles. The van der Waals surface area contributed by atoms with Gasteiger partial charge in [0.15, 0.2) is 0 Å². The van der Waals surface area contributed by atoms with Gasteiger partial charge in [-0.1, -0.05) is 43.3 Å². The van der Waals surface area contributed by atoms with Gasteiger partial charge in [-0.2, -0.15) is 0 Å². The lowest BCUT2D eigenvalue weighted by atomic mass is 9.90. The molecular formula is C20H26N2O. The van der Waals surface area contributed by atoms with Crippen molar-refractivity contribution in [1.29, 1.82) is 0 Å². The van der Waals surface area contributed by atoms with Crippen molar-refractivity contribution in [2.45, 2.75) is 51.6 Å². The highest BCUT2D eigenvalue weighted by Crippen LogP contribution is 2.28. The summed E-state index contributed by atoms with van der Waals surface area (Å²) in [4.78, 5) is 12.1. The Morgan fingerprint density at radius 3 is 2.78 bits per heavy atom. The molecule has 122 valence electrons. The van der Waals surface area contributed by atoms with E-state index >= 15 is 0 Å². The number of hydrogen-bond acceptors (Lipinski definition) is 2. The third-order valence-corrected chi connectivity index (χ3v) is 4.71. The topological polar surface area (TPSA) is 34.0 Å². The minimum atomic E-state index is 0.149. The fraction of sp³-hybridized carbons (Fsp3) is 0.450. The first-order valence-electron chi connectivity index (χ1n) is 8.79. The molecule has 1 heterocycles. The number of aromatic nitrogens is 1. The molecule has 0 aliphatic heterocycles.